The molecule has 1 saturated heterocycles. The highest BCUT2D eigenvalue weighted by Gasteiger charge is 2.30. The molecule has 0 aliphatic carbocycles. The molecule has 2 aliphatic rings. The molecule has 9 nitrogen and oxygen atoms in total. The number of carbonyl (C=O) groups excluding carboxylic acids is 2. The van der Waals surface area contributed by atoms with Gasteiger partial charge in [0.2, 0.25) is 5.79 Å². The van der Waals surface area contributed by atoms with E-state index in [2.05, 4.69) is 10.6 Å². The van der Waals surface area contributed by atoms with Crippen LogP contribution in [0.5, 0.6) is 5.75 Å². The number of rotatable bonds is 16. The number of unbranched alkanes of at least 4 members (excludes halogenated alkanes) is 4. The fourth-order valence-corrected chi connectivity index (χ4v) is 4.92. The Labute approximate surface area is 237 Å². The van der Waals surface area contributed by atoms with Gasteiger partial charge in [0.05, 0.1) is 24.9 Å². The minimum Gasteiger partial charge on any atom is -0.463 e. The standard InChI is InChI=1S/C31H43N3O6/c1-31(2)39-22-25-19-24(13-14-28(25)40-31)27(35)20-32-15-6-4-3-5-7-16-38-17-9-11-23-10-8-12-26(18-23)34-29(36)21-33-30(34)37/h8,10,12-14,18-19,27,32,35H,3-7,9,11,15-17,20-22H2,1-2H3,(H,33,37)/t27-/m0/s1. The molecule has 9 heteroatoms. The van der Waals surface area contributed by atoms with Crippen LogP contribution in [0.3, 0.4) is 0 Å². The second kappa shape index (κ2) is 14.6. The smallest absolute Gasteiger partial charge is 0.329 e. The number of hydrogen-bond acceptors (Lipinski definition) is 7. The number of nitrogens with one attached hydrogen (secondary N) is 2. The maximum Gasteiger partial charge on any atom is 0.329 e. The van der Waals surface area contributed by atoms with Crippen LogP contribution in [0.1, 0.15) is 75.2 Å². The SMILES string of the molecule is CC1(C)OCc2cc([C@@H](O)CNCCCCCCCOCCCc3cccc(N4C(=O)CNC4=O)c3)ccc2O1. The number of imide groups is 1. The number of fused-ring (bicyclic) bond motifs is 1. The molecule has 1 atom stereocenters. The van der Waals surface area contributed by atoms with Gasteiger partial charge in [-0.1, -0.05) is 37.5 Å². The first-order valence-corrected chi connectivity index (χ1v) is 14.4. The summed E-state index contributed by atoms with van der Waals surface area (Å²) in [6.45, 7) is 7.20. The highest BCUT2D eigenvalue weighted by atomic mass is 16.7. The number of carbonyl (C=O) groups is 2. The molecule has 0 radical (unpaired) electrons. The lowest BCUT2D eigenvalue weighted by Crippen LogP contribution is -2.35. The van der Waals surface area contributed by atoms with Crippen LogP contribution in [0.25, 0.3) is 0 Å². The lowest BCUT2D eigenvalue weighted by atomic mass is 10.0. The molecule has 0 aromatic heterocycles. The van der Waals surface area contributed by atoms with Gasteiger partial charge in [0.15, 0.2) is 0 Å². The molecule has 3 N–H and O–H groups in total. The second-order valence-corrected chi connectivity index (χ2v) is 10.9. The summed E-state index contributed by atoms with van der Waals surface area (Å²) in [5.74, 6) is -0.0173. The maximum atomic E-state index is 11.9. The van der Waals surface area contributed by atoms with Crippen LogP contribution >= 0.6 is 0 Å². The van der Waals surface area contributed by atoms with Crippen LogP contribution in [0.2, 0.25) is 0 Å². The number of aryl methyl sites for hydroxylation is 1. The summed E-state index contributed by atoms with van der Waals surface area (Å²) in [7, 11) is 0. The summed E-state index contributed by atoms with van der Waals surface area (Å²) in [5, 5.41) is 16.5. The Hall–Kier alpha value is -2.98. The monoisotopic (exact) mass is 553 g/mol. The Morgan fingerprint density at radius 2 is 1.85 bits per heavy atom. The van der Waals surface area contributed by atoms with E-state index < -0.39 is 11.9 Å². The normalized spacial score (nSPS) is 16.9. The molecule has 218 valence electrons. The summed E-state index contributed by atoms with van der Waals surface area (Å²) in [4.78, 5) is 24.9. The highest BCUT2D eigenvalue weighted by Crippen LogP contribution is 2.32. The topological polar surface area (TPSA) is 109 Å². The minimum absolute atomic E-state index is 0.0560. The number of aliphatic hydroxyl groups excluding tert-OH is 1. The minimum atomic E-state index is -0.614. The molecule has 4 rings (SSSR count). The fourth-order valence-electron chi connectivity index (χ4n) is 4.92. The van der Waals surface area contributed by atoms with Crippen LogP contribution in [0, 0.1) is 0 Å². The first kappa shape index (κ1) is 30.0. The van der Waals surface area contributed by atoms with Crippen molar-refractivity contribution in [2.45, 2.75) is 77.3 Å². The molecular formula is C31H43N3O6. The summed E-state index contributed by atoms with van der Waals surface area (Å²) in [5.41, 5.74) is 3.55. The van der Waals surface area contributed by atoms with Crippen molar-refractivity contribution in [3.8, 4) is 5.75 Å². The molecule has 3 amide bonds. The van der Waals surface area contributed by atoms with Gasteiger partial charge in [-0.25, -0.2) is 9.69 Å². The molecule has 2 aromatic rings. The number of nitrogens with zero attached hydrogens (tertiary/aromatic N) is 1. The molecule has 0 spiro atoms. The summed E-state index contributed by atoms with van der Waals surface area (Å²) in [6, 6.07) is 13.0. The Kier molecular flexibility index (Phi) is 10.9. The van der Waals surface area contributed by atoms with Crippen LogP contribution in [0.4, 0.5) is 10.5 Å². The number of urea groups is 1. The van der Waals surface area contributed by atoms with E-state index >= 15 is 0 Å². The molecular weight excluding hydrogens is 510 g/mol. The highest BCUT2D eigenvalue weighted by molar-refractivity contribution is 6.19. The van der Waals surface area contributed by atoms with E-state index in [1.54, 1.807) is 6.07 Å². The summed E-state index contributed by atoms with van der Waals surface area (Å²) < 4.78 is 17.3. The lowest BCUT2D eigenvalue weighted by Gasteiger charge is -2.33. The van der Waals surface area contributed by atoms with Gasteiger partial charge in [0.1, 0.15) is 5.75 Å². The van der Waals surface area contributed by atoms with Gasteiger partial charge in [-0.15, -0.1) is 0 Å². The molecule has 2 aromatic carbocycles. The molecule has 2 aliphatic heterocycles. The molecule has 40 heavy (non-hydrogen) atoms. The van der Waals surface area contributed by atoms with Gasteiger partial charge in [-0.05, 0) is 67.6 Å². The maximum absolute atomic E-state index is 11.9. The molecule has 2 heterocycles. The van der Waals surface area contributed by atoms with Crippen molar-refractivity contribution in [1.29, 1.82) is 0 Å². The Balaban J connectivity index is 0.981. The largest absolute Gasteiger partial charge is 0.463 e. The van der Waals surface area contributed by atoms with E-state index in [9.17, 15) is 14.7 Å². The number of aliphatic hydroxyl groups is 1. The Morgan fingerprint density at radius 1 is 1.05 bits per heavy atom. The van der Waals surface area contributed by atoms with E-state index in [0.717, 1.165) is 74.1 Å². The zero-order chi connectivity index (χ0) is 28.4. The van der Waals surface area contributed by atoms with Crippen LogP contribution in [-0.4, -0.2) is 55.7 Å². The van der Waals surface area contributed by atoms with Crippen LogP contribution in [-0.2, 0) is 27.3 Å². The lowest BCUT2D eigenvalue weighted by molar-refractivity contribution is -0.180. The van der Waals surface area contributed by atoms with Gasteiger partial charge in [-0.3, -0.25) is 4.79 Å². The van der Waals surface area contributed by atoms with E-state index in [1.165, 1.54) is 11.3 Å². The third kappa shape index (κ3) is 8.76. The average Bonchev–Trinajstić information content (AvgIpc) is 3.28. The number of ether oxygens (including phenoxy) is 3. The average molecular weight is 554 g/mol. The second-order valence-electron chi connectivity index (χ2n) is 10.9. The predicted octanol–water partition coefficient (Wildman–Crippen LogP) is 4.61. The zero-order valence-electron chi connectivity index (χ0n) is 23.7. The van der Waals surface area contributed by atoms with Gasteiger partial charge in [0, 0.05) is 39.2 Å². The van der Waals surface area contributed by atoms with Gasteiger partial charge < -0.3 is 30.0 Å². The summed E-state index contributed by atoms with van der Waals surface area (Å²) in [6.07, 6.45) is 6.78. The van der Waals surface area contributed by atoms with E-state index in [-0.39, 0.29) is 18.5 Å². The summed E-state index contributed by atoms with van der Waals surface area (Å²) >= 11 is 0. The number of benzene rings is 2. The van der Waals surface area contributed by atoms with Gasteiger partial charge in [-0.2, -0.15) is 0 Å². The number of anilines is 1. The molecule has 0 unspecified atom stereocenters. The zero-order valence-corrected chi connectivity index (χ0v) is 23.7. The van der Waals surface area contributed by atoms with Crippen molar-refractivity contribution in [2.24, 2.45) is 0 Å². The Bertz CT molecular complexity index is 1120. The molecule has 0 bridgehead atoms. The van der Waals surface area contributed by atoms with E-state index in [4.69, 9.17) is 14.2 Å². The van der Waals surface area contributed by atoms with Crippen molar-refractivity contribution in [1.82, 2.24) is 10.6 Å². The number of amides is 3. The van der Waals surface area contributed by atoms with Gasteiger partial charge >= 0.3 is 6.03 Å². The number of hydrogen-bond donors (Lipinski definition) is 3. The van der Waals surface area contributed by atoms with E-state index in [1.807, 2.05) is 50.2 Å². The molecule has 0 saturated carbocycles. The van der Waals surface area contributed by atoms with E-state index in [0.29, 0.717) is 25.4 Å². The van der Waals surface area contributed by atoms with Crippen molar-refractivity contribution < 1.29 is 28.9 Å². The van der Waals surface area contributed by atoms with Crippen molar-refractivity contribution in [2.75, 3.05) is 37.7 Å². The first-order chi connectivity index (χ1) is 19.3. The van der Waals surface area contributed by atoms with Crippen LogP contribution in [0.15, 0.2) is 42.5 Å². The first-order valence-electron chi connectivity index (χ1n) is 14.4. The van der Waals surface area contributed by atoms with Crippen molar-refractivity contribution in [3.63, 3.8) is 0 Å². The fraction of sp³-hybridized carbons (Fsp3) is 0.548. The third-order valence-corrected chi connectivity index (χ3v) is 7.15. The van der Waals surface area contributed by atoms with Crippen molar-refractivity contribution >= 4 is 17.6 Å². The predicted molar refractivity (Wildman–Crippen MR) is 153 cm³/mol. The van der Waals surface area contributed by atoms with Crippen molar-refractivity contribution in [3.05, 3.63) is 59.2 Å². The van der Waals surface area contributed by atoms with Gasteiger partial charge in [0.25, 0.3) is 5.91 Å². The molecule has 1 fully saturated rings. The third-order valence-electron chi connectivity index (χ3n) is 7.15. The Morgan fingerprint density at radius 3 is 2.67 bits per heavy atom. The van der Waals surface area contributed by atoms with Crippen LogP contribution < -0.4 is 20.3 Å². The quantitative estimate of drug-likeness (QED) is 0.206.